The summed E-state index contributed by atoms with van der Waals surface area (Å²) in [5.41, 5.74) is 0. The van der Waals surface area contributed by atoms with Crippen molar-refractivity contribution in [3.8, 4) is 0 Å². The van der Waals surface area contributed by atoms with E-state index in [2.05, 4.69) is 20.8 Å². The van der Waals surface area contributed by atoms with Gasteiger partial charge in [-0.15, -0.1) is 0 Å². The zero-order chi connectivity index (χ0) is 49.1. The smallest absolute Gasteiger partial charge is 0.307 e. The first-order valence-corrected chi connectivity index (χ1v) is 32.6. The fourth-order valence-corrected chi connectivity index (χ4v) is 12.4. The summed E-state index contributed by atoms with van der Waals surface area (Å²) < 4.78 is 31.5. The van der Waals surface area contributed by atoms with Crippen LogP contribution in [0.1, 0.15) is 175 Å². The van der Waals surface area contributed by atoms with Gasteiger partial charge in [-0.3, -0.25) is 28.8 Å². The second-order valence-corrected chi connectivity index (χ2v) is 24.0. The summed E-state index contributed by atoms with van der Waals surface area (Å²) in [5.74, 6) is 2.64. The third kappa shape index (κ3) is 51.1. The minimum Gasteiger partial charge on any atom is -0.462 e. The van der Waals surface area contributed by atoms with Crippen LogP contribution in [0.2, 0.25) is 0 Å². The SMILES string of the molecule is CCCCCCCCSSCCC(=O)OCCOC(=O)CCN(CCC(=O)OCCOC(=O)CCSSCCCCCCCC)CCC(=O)OCCOC(=O)CCSSCCCCCCCC. The molecule has 0 amide bonds. The average Bonchev–Trinajstić information content (AvgIpc) is 3.32. The maximum absolute atomic E-state index is 12.6. The highest BCUT2D eigenvalue weighted by Crippen LogP contribution is 2.26. The van der Waals surface area contributed by atoms with E-state index < -0.39 is 17.9 Å². The van der Waals surface area contributed by atoms with Crippen LogP contribution in [0.4, 0.5) is 0 Å². The Balaban J connectivity index is 4.53. The third-order valence-electron chi connectivity index (χ3n) is 9.89. The summed E-state index contributed by atoms with van der Waals surface area (Å²) in [6.45, 7) is 6.85. The molecule has 0 atom stereocenters. The Hall–Kier alpha value is -1.12. The first kappa shape index (κ1) is 65.9. The molecule has 13 nitrogen and oxygen atoms in total. The van der Waals surface area contributed by atoms with Crippen molar-refractivity contribution < 1.29 is 57.2 Å². The van der Waals surface area contributed by atoms with Gasteiger partial charge in [0.15, 0.2) is 0 Å². The summed E-state index contributed by atoms with van der Waals surface area (Å²) >= 11 is 0. The highest BCUT2D eigenvalue weighted by atomic mass is 33.1. The second kappa shape index (κ2) is 52.7. The number of hydrogen-bond donors (Lipinski definition) is 0. The first-order valence-electron chi connectivity index (χ1n) is 25.1. The summed E-state index contributed by atoms with van der Waals surface area (Å²) in [7, 11) is 10.3. The van der Waals surface area contributed by atoms with Crippen LogP contribution in [-0.4, -0.2) is 135 Å². The van der Waals surface area contributed by atoms with Gasteiger partial charge in [-0.2, -0.15) is 0 Å². The van der Waals surface area contributed by atoms with Crippen LogP contribution >= 0.6 is 64.8 Å². The van der Waals surface area contributed by atoms with E-state index in [-0.39, 0.29) is 116 Å². The van der Waals surface area contributed by atoms with Gasteiger partial charge in [-0.05, 0) is 19.3 Å². The molecule has 0 aromatic rings. The van der Waals surface area contributed by atoms with E-state index in [1.807, 2.05) is 0 Å². The van der Waals surface area contributed by atoms with Gasteiger partial charge >= 0.3 is 35.8 Å². The van der Waals surface area contributed by atoms with Crippen molar-refractivity contribution in [2.75, 3.05) is 93.8 Å². The Morgan fingerprint density at radius 1 is 0.284 bits per heavy atom. The molecule has 0 radical (unpaired) electrons. The van der Waals surface area contributed by atoms with E-state index in [0.29, 0.717) is 17.3 Å². The van der Waals surface area contributed by atoms with E-state index in [1.165, 1.54) is 116 Å². The van der Waals surface area contributed by atoms with Crippen LogP contribution in [0, 0.1) is 0 Å². The number of ether oxygens (including phenoxy) is 6. The molecular weight excluding hydrogens is 975 g/mol. The van der Waals surface area contributed by atoms with E-state index in [1.54, 1.807) is 69.7 Å². The molecule has 0 aromatic carbocycles. The first-order chi connectivity index (χ1) is 32.7. The standard InChI is InChI=1S/C48H87NO12S6/c1-4-7-10-13-16-19-37-62-65-40-25-46(53)59-34-31-56-43(50)22-28-49(29-23-44(51)57-32-35-60-47(54)26-41-66-63-38-20-17-14-11-8-5-2)30-24-45(52)58-33-36-61-48(55)27-42-67-64-39-21-18-15-12-9-6-3/h4-42H2,1-3H3. The zero-order valence-electron chi connectivity index (χ0n) is 41.4. The molecule has 0 unspecified atom stereocenters. The molecule has 67 heavy (non-hydrogen) atoms. The number of unbranched alkanes of at least 4 members (excludes halogenated alkanes) is 15. The van der Waals surface area contributed by atoms with Crippen molar-refractivity contribution in [1.82, 2.24) is 4.90 Å². The molecule has 0 bridgehead atoms. The lowest BCUT2D eigenvalue weighted by molar-refractivity contribution is -0.153. The van der Waals surface area contributed by atoms with Gasteiger partial charge in [0.25, 0.3) is 0 Å². The number of esters is 6. The molecule has 0 saturated carbocycles. The molecule has 0 fully saturated rings. The summed E-state index contributed by atoms with van der Waals surface area (Å²) in [5, 5.41) is 0. The van der Waals surface area contributed by atoms with Crippen LogP contribution in [0.5, 0.6) is 0 Å². The minimum absolute atomic E-state index is 0.0257. The molecule has 0 aliphatic carbocycles. The van der Waals surface area contributed by atoms with Crippen LogP contribution in [0.3, 0.4) is 0 Å². The lowest BCUT2D eigenvalue weighted by Crippen LogP contribution is -2.32. The van der Waals surface area contributed by atoms with Gasteiger partial charge in [0.1, 0.15) is 39.6 Å². The predicted molar refractivity (Wildman–Crippen MR) is 285 cm³/mol. The molecule has 0 N–H and O–H groups in total. The van der Waals surface area contributed by atoms with Gasteiger partial charge in [-0.25, -0.2) is 0 Å². The molecule has 0 rings (SSSR count). The predicted octanol–water partition coefficient (Wildman–Crippen LogP) is 12.1. The number of hydrogen-bond acceptors (Lipinski definition) is 19. The molecule has 0 aliphatic rings. The minimum atomic E-state index is -0.513. The maximum Gasteiger partial charge on any atom is 0.307 e. The molecule has 0 aromatic heterocycles. The molecule has 19 heteroatoms. The fraction of sp³-hybridized carbons (Fsp3) is 0.875. The number of rotatable bonds is 51. The lowest BCUT2D eigenvalue weighted by Gasteiger charge is -2.21. The third-order valence-corrected chi connectivity index (χ3v) is 17.4. The Labute approximate surface area is 428 Å². The second-order valence-electron chi connectivity index (χ2n) is 15.9. The monoisotopic (exact) mass is 1060 g/mol. The zero-order valence-corrected chi connectivity index (χ0v) is 46.3. The number of nitrogens with zero attached hydrogens (tertiary/aromatic N) is 1. The van der Waals surface area contributed by atoms with Crippen molar-refractivity contribution in [3.05, 3.63) is 0 Å². The van der Waals surface area contributed by atoms with Crippen LogP contribution < -0.4 is 0 Å². The van der Waals surface area contributed by atoms with Crippen molar-refractivity contribution in [2.45, 2.75) is 175 Å². The van der Waals surface area contributed by atoms with Crippen molar-refractivity contribution >= 4 is 101 Å². The van der Waals surface area contributed by atoms with Crippen molar-refractivity contribution in [1.29, 1.82) is 0 Å². The molecule has 0 heterocycles. The van der Waals surface area contributed by atoms with Crippen molar-refractivity contribution in [3.63, 3.8) is 0 Å². The van der Waals surface area contributed by atoms with Crippen LogP contribution in [0.15, 0.2) is 0 Å². The van der Waals surface area contributed by atoms with Gasteiger partial charge in [0.2, 0.25) is 0 Å². The number of carbonyl (C=O) groups is 6. The lowest BCUT2D eigenvalue weighted by atomic mass is 10.1. The van der Waals surface area contributed by atoms with Gasteiger partial charge < -0.3 is 33.3 Å². The van der Waals surface area contributed by atoms with Crippen LogP contribution in [-0.2, 0) is 57.2 Å². The van der Waals surface area contributed by atoms with Crippen LogP contribution in [0.25, 0.3) is 0 Å². The largest absolute Gasteiger partial charge is 0.462 e. The average molecular weight is 1060 g/mol. The van der Waals surface area contributed by atoms with E-state index in [9.17, 15) is 28.8 Å². The summed E-state index contributed by atoms with van der Waals surface area (Å²) in [6.07, 6.45) is 23.4. The Morgan fingerprint density at radius 2 is 0.493 bits per heavy atom. The molecule has 392 valence electrons. The van der Waals surface area contributed by atoms with Gasteiger partial charge in [-0.1, -0.05) is 182 Å². The van der Waals surface area contributed by atoms with Gasteiger partial charge in [0.05, 0.1) is 38.5 Å². The quantitative estimate of drug-likeness (QED) is 0.0245. The molecule has 0 saturated heterocycles. The highest BCUT2D eigenvalue weighted by Gasteiger charge is 2.16. The molecule has 0 aliphatic heterocycles. The molecular formula is C48H87NO12S6. The van der Waals surface area contributed by atoms with E-state index >= 15 is 0 Å². The van der Waals surface area contributed by atoms with E-state index in [4.69, 9.17) is 28.4 Å². The maximum atomic E-state index is 12.6. The Kier molecular flexibility index (Phi) is 51.8. The molecule has 0 spiro atoms. The van der Waals surface area contributed by atoms with Crippen molar-refractivity contribution in [2.24, 2.45) is 0 Å². The number of carbonyl (C=O) groups excluding carboxylic acids is 6. The Morgan fingerprint density at radius 3 is 0.746 bits per heavy atom. The normalized spacial score (nSPS) is 11.1. The summed E-state index contributed by atoms with van der Waals surface area (Å²) in [6, 6.07) is 0. The summed E-state index contributed by atoms with van der Waals surface area (Å²) in [4.78, 5) is 75.8. The van der Waals surface area contributed by atoms with E-state index in [0.717, 1.165) is 17.3 Å². The fourth-order valence-electron chi connectivity index (χ4n) is 6.00. The topological polar surface area (TPSA) is 161 Å². The highest BCUT2D eigenvalue weighted by molar-refractivity contribution is 8.77. The van der Waals surface area contributed by atoms with Gasteiger partial charge in [0, 0.05) is 54.2 Å². The Bertz CT molecular complexity index is 1080.